The van der Waals surface area contributed by atoms with E-state index in [1.807, 2.05) is 4.90 Å². The molecule has 1 aromatic carbocycles. The average Bonchev–Trinajstić information content (AvgIpc) is 2.67. The van der Waals surface area contributed by atoms with Crippen molar-refractivity contribution in [3.63, 3.8) is 0 Å². The number of amides is 1. The second-order valence-electron chi connectivity index (χ2n) is 7.17. The van der Waals surface area contributed by atoms with Crippen molar-refractivity contribution < 1.29 is 18.7 Å². The number of likely N-dealkylation sites (tertiary alicyclic amines) is 1. The zero-order valence-corrected chi connectivity index (χ0v) is 15.5. The quantitative estimate of drug-likeness (QED) is 0.746. The normalized spacial score (nSPS) is 22.6. The highest BCUT2D eigenvalue weighted by atomic mass is 19.1. The van der Waals surface area contributed by atoms with E-state index in [0.29, 0.717) is 24.9 Å². The molecule has 1 aromatic rings. The van der Waals surface area contributed by atoms with Crippen LogP contribution in [0.5, 0.6) is 5.75 Å². The highest BCUT2D eigenvalue weighted by Crippen LogP contribution is 2.21. The first-order valence-electron chi connectivity index (χ1n) is 9.67. The van der Waals surface area contributed by atoms with Gasteiger partial charge < -0.3 is 19.3 Å². The van der Waals surface area contributed by atoms with Crippen molar-refractivity contribution in [2.45, 2.75) is 44.8 Å². The monoisotopic (exact) mass is 364 g/mol. The molecule has 3 rings (SSSR count). The van der Waals surface area contributed by atoms with E-state index in [9.17, 15) is 9.18 Å². The number of unbranched alkanes of at least 4 members (excludes halogenated alkanes) is 1. The molecule has 5 nitrogen and oxygen atoms in total. The number of nitrogens with zero attached hydrogens (tertiary/aromatic N) is 2. The van der Waals surface area contributed by atoms with Gasteiger partial charge in [0.05, 0.1) is 6.54 Å². The van der Waals surface area contributed by atoms with Gasteiger partial charge in [-0.1, -0.05) is 13.3 Å². The Hall–Kier alpha value is -1.66. The molecule has 2 fully saturated rings. The van der Waals surface area contributed by atoms with Crippen LogP contribution in [0.3, 0.4) is 0 Å². The summed E-state index contributed by atoms with van der Waals surface area (Å²) in [7, 11) is 0. The van der Waals surface area contributed by atoms with E-state index < -0.39 is 0 Å². The fraction of sp³-hybridized carbons (Fsp3) is 0.650. The first-order chi connectivity index (χ1) is 12.7. The summed E-state index contributed by atoms with van der Waals surface area (Å²) in [4.78, 5) is 16.8. The molecule has 0 aliphatic carbocycles. The van der Waals surface area contributed by atoms with Crippen LogP contribution in [-0.4, -0.2) is 67.2 Å². The Morgan fingerprint density at radius 3 is 2.65 bits per heavy atom. The van der Waals surface area contributed by atoms with Gasteiger partial charge in [0.1, 0.15) is 30.9 Å². The van der Waals surface area contributed by atoms with Crippen molar-refractivity contribution in [2.75, 3.05) is 39.4 Å². The summed E-state index contributed by atoms with van der Waals surface area (Å²) in [5, 5.41) is 0. The topological polar surface area (TPSA) is 42.0 Å². The van der Waals surface area contributed by atoms with Crippen molar-refractivity contribution >= 4 is 5.91 Å². The molecule has 0 spiro atoms. The maximum atomic E-state index is 13.0. The van der Waals surface area contributed by atoms with Crippen molar-refractivity contribution in [1.82, 2.24) is 9.80 Å². The Balaban J connectivity index is 1.47. The highest BCUT2D eigenvalue weighted by Gasteiger charge is 2.33. The summed E-state index contributed by atoms with van der Waals surface area (Å²) in [6, 6.07) is 6.26. The van der Waals surface area contributed by atoms with Crippen molar-refractivity contribution in [3.05, 3.63) is 30.1 Å². The molecule has 2 aliphatic heterocycles. The van der Waals surface area contributed by atoms with Gasteiger partial charge in [-0.15, -0.1) is 0 Å². The second kappa shape index (κ2) is 9.33. The van der Waals surface area contributed by atoms with Crippen LogP contribution in [0, 0.1) is 5.82 Å². The number of hydrogen-bond acceptors (Lipinski definition) is 4. The van der Waals surface area contributed by atoms with Gasteiger partial charge in [-0.05, 0) is 50.1 Å². The molecular weight excluding hydrogens is 335 g/mol. The number of carbonyl (C=O) groups excluding carboxylic acids is 1. The molecule has 0 aromatic heterocycles. The van der Waals surface area contributed by atoms with Crippen LogP contribution >= 0.6 is 0 Å². The van der Waals surface area contributed by atoms with Gasteiger partial charge in [-0.3, -0.25) is 4.79 Å². The Morgan fingerprint density at radius 1 is 1.23 bits per heavy atom. The van der Waals surface area contributed by atoms with E-state index in [4.69, 9.17) is 9.47 Å². The number of halogens is 1. The van der Waals surface area contributed by atoms with E-state index >= 15 is 0 Å². The van der Waals surface area contributed by atoms with Crippen molar-refractivity contribution in [3.8, 4) is 5.75 Å². The van der Waals surface area contributed by atoms with Crippen LogP contribution < -0.4 is 4.74 Å². The fourth-order valence-corrected chi connectivity index (χ4v) is 3.66. The lowest BCUT2D eigenvalue weighted by Gasteiger charge is -2.42. The average molecular weight is 364 g/mol. The zero-order chi connectivity index (χ0) is 18.4. The lowest BCUT2D eigenvalue weighted by atomic mass is 10.0. The molecule has 2 heterocycles. The van der Waals surface area contributed by atoms with Gasteiger partial charge in [0.25, 0.3) is 0 Å². The van der Waals surface area contributed by atoms with Crippen LogP contribution in [0.1, 0.15) is 32.6 Å². The summed E-state index contributed by atoms with van der Waals surface area (Å²) in [5.74, 6) is 0.408. The van der Waals surface area contributed by atoms with Gasteiger partial charge in [-0.25, -0.2) is 4.39 Å². The third-order valence-corrected chi connectivity index (χ3v) is 5.24. The standard InChI is InChI=1S/C20H29FN2O3/c1-2-3-10-22-11-8-17(9-12-22)23-13-19(26-15-20(23)24)14-25-18-6-4-16(21)5-7-18/h4-7,17,19H,2-3,8-15H2,1H3/t19-/m0/s1. The summed E-state index contributed by atoms with van der Waals surface area (Å²) >= 11 is 0. The van der Waals surface area contributed by atoms with Gasteiger partial charge >= 0.3 is 0 Å². The molecule has 144 valence electrons. The SMILES string of the molecule is CCCCN1CCC(N2C[C@@H](COc3ccc(F)cc3)OCC2=O)CC1. The number of morpholine rings is 1. The van der Waals surface area contributed by atoms with Gasteiger partial charge in [-0.2, -0.15) is 0 Å². The molecular formula is C20H29FN2O3. The summed E-state index contributed by atoms with van der Waals surface area (Å²) in [6.07, 6.45) is 4.37. The molecule has 1 atom stereocenters. The maximum Gasteiger partial charge on any atom is 0.248 e. The molecule has 6 heteroatoms. The number of ether oxygens (including phenoxy) is 2. The van der Waals surface area contributed by atoms with Gasteiger partial charge in [0.2, 0.25) is 5.91 Å². The highest BCUT2D eigenvalue weighted by molar-refractivity contribution is 5.78. The molecule has 0 saturated carbocycles. The third kappa shape index (κ3) is 5.17. The van der Waals surface area contributed by atoms with Crippen LogP contribution in [0.25, 0.3) is 0 Å². The van der Waals surface area contributed by atoms with E-state index in [0.717, 1.165) is 32.5 Å². The maximum absolute atomic E-state index is 13.0. The molecule has 2 aliphatic rings. The minimum Gasteiger partial charge on any atom is -0.491 e. The molecule has 26 heavy (non-hydrogen) atoms. The largest absolute Gasteiger partial charge is 0.491 e. The Morgan fingerprint density at radius 2 is 1.96 bits per heavy atom. The van der Waals surface area contributed by atoms with Crippen LogP contribution in [0.4, 0.5) is 4.39 Å². The molecule has 0 unspecified atom stereocenters. The number of benzene rings is 1. The fourth-order valence-electron chi connectivity index (χ4n) is 3.66. The lowest BCUT2D eigenvalue weighted by Crippen LogP contribution is -2.55. The molecule has 1 amide bonds. The van der Waals surface area contributed by atoms with E-state index in [2.05, 4.69) is 11.8 Å². The number of rotatable bonds is 7. The number of carbonyl (C=O) groups is 1. The Labute approximate surface area is 155 Å². The lowest BCUT2D eigenvalue weighted by molar-refractivity contribution is -0.155. The summed E-state index contributed by atoms with van der Waals surface area (Å²) in [6.45, 7) is 6.55. The van der Waals surface area contributed by atoms with E-state index in [1.165, 1.54) is 25.0 Å². The molecule has 2 saturated heterocycles. The first-order valence-corrected chi connectivity index (χ1v) is 9.67. The molecule has 0 radical (unpaired) electrons. The van der Waals surface area contributed by atoms with Crippen LogP contribution in [0.2, 0.25) is 0 Å². The summed E-state index contributed by atoms with van der Waals surface area (Å²) < 4.78 is 24.3. The predicted octanol–water partition coefficient (Wildman–Crippen LogP) is 2.70. The zero-order valence-electron chi connectivity index (χ0n) is 15.5. The Kier molecular flexibility index (Phi) is 6.86. The smallest absolute Gasteiger partial charge is 0.248 e. The van der Waals surface area contributed by atoms with Crippen molar-refractivity contribution in [1.29, 1.82) is 0 Å². The Bertz CT molecular complexity index is 573. The molecule has 0 bridgehead atoms. The second-order valence-corrected chi connectivity index (χ2v) is 7.17. The predicted molar refractivity (Wildman–Crippen MR) is 97.7 cm³/mol. The minimum absolute atomic E-state index is 0.0787. The third-order valence-electron chi connectivity index (χ3n) is 5.24. The van der Waals surface area contributed by atoms with Gasteiger partial charge in [0, 0.05) is 19.1 Å². The van der Waals surface area contributed by atoms with E-state index in [-0.39, 0.29) is 24.4 Å². The number of piperidine rings is 1. The van der Waals surface area contributed by atoms with Crippen LogP contribution in [-0.2, 0) is 9.53 Å². The minimum atomic E-state index is -0.284. The summed E-state index contributed by atoms with van der Waals surface area (Å²) in [5.41, 5.74) is 0. The number of hydrogen-bond donors (Lipinski definition) is 0. The van der Waals surface area contributed by atoms with Crippen LogP contribution in [0.15, 0.2) is 24.3 Å². The van der Waals surface area contributed by atoms with Gasteiger partial charge in [0.15, 0.2) is 0 Å². The van der Waals surface area contributed by atoms with E-state index in [1.54, 1.807) is 12.1 Å². The molecule has 0 N–H and O–H groups in total. The first kappa shape index (κ1) is 19.1. The van der Waals surface area contributed by atoms with Crippen molar-refractivity contribution in [2.24, 2.45) is 0 Å².